The largest absolute Gasteiger partial charge is 0.351 e. The number of nitrogens with zero attached hydrogens (tertiary/aromatic N) is 2. The zero-order valence-corrected chi connectivity index (χ0v) is 17.5. The Morgan fingerprint density at radius 1 is 1.03 bits per heavy atom. The topological polar surface area (TPSA) is 62.3 Å². The third-order valence-corrected chi connectivity index (χ3v) is 6.67. The third-order valence-electron chi connectivity index (χ3n) is 6.67. The van der Waals surface area contributed by atoms with Gasteiger partial charge in [0.2, 0.25) is 5.91 Å². The van der Waals surface area contributed by atoms with Crippen molar-refractivity contribution >= 4 is 22.6 Å². The molecule has 5 rings (SSSR count). The van der Waals surface area contributed by atoms with Crippen LogP contribution >= 0.6 is 0 Å². The minimum absolute atomic E-state index is 0.000406. The molecule has 2 fully saturated rings. The lowest BCUT2D eigenvalue weighted by Crippen LogP contribution is -2.49. The molecule has 3 heterocycles. The molecular weight excluding hydrogens is 386 g/mol. The summed E-state index contributed by atoms with van der Waals surface area (Å²) in [4.78, 5) is 32.8. The van der Waals surface area contributed by atoms with E-state index in [4.69, 9.17) is 0 Å². The quantitative estimate of drug-likeness (QED) is 0.703. The van der Waals surface area contributed by atoms with Crippen molar-refractivity contribution in [1.29, 1.82) is 0 Å². The molecule has 5 nitrogen and oxygen atoms in total. The minimum atomic E-state index is -0.0277. The van der Waals surface area contributed by atoms with E-state index in [0.29, 0.717) is 12.1 Å². The van der Waals surface area contributed by atoms with Crippen LogP contribution in [0.4, 0.5) is 0 Å². The van der Waals surface area contributed by atoms with E-state index in [1.165, 1.54) is 5.56 Å². The first kappa shape index (κ1) is 19.7. The summed E-state index contributed by atoms with van der Waals surface area (Å²) in [6.07, 6.45) is 6.59. The summed E-state index contributed by atoms with van der Waals surface area (Å²) >= 11 is 0. The monoisotopic (exact) mass is 413 g/mol. The summed E-state index contributed by atoms with van der Waals surface area (Å²) in [6.45, 7) is 0. The van der Waals surface area contributed by atoms with Crippen molar-refractivity contribution in [1.82, 2.24) is 15.2 Å². The van der Waals surface area contributed by atoms with Crippen molar-refractivity contribution in [2.45, 2.75) is 56.7 Å². The molecular formula is C26H27N3O2. The van der Waals surface area contributed by atoms with Gasteiger partial charge in [-0.15, -0.1) is 0 Å². The molecule has 3 atom stereocenters. The van der Waals surface area contributed by atoms with Crippen LogP contribution in [0.25, 0.3) is 10.8 Å². The predicted molar refractivity (Wildman–Crippen MR) is 121 cm³/mol. The fraction of sp³-hybridized carbons (Fsp3) is 0.346. The summed E-state index contributed by atoms with van der Waals surface area (Å²) in [5.74, 6) is 0.0748. The lowest BCUT2D eigenvalue weighted by molar-refractivity contribution is -0.122. The third kappa shape index (κ3) is 3.92. The fourth-order valence-electron chi connectivity index (χ4n) is 5.24. The summed E-state index contributed by atoms with van der Waals surface area (Å²) in [7, 11) is 0. The Hall–Kier alpha value is -3.21. The molecule has 158 valence electrons. The number of pyridine rings is 1. The van der Waals surface area contributed by atoms with Crippen molar-refractivity contribution in [3.05, 3.63) is 78.1 Å². The number of carbonyl (C=O) groups excluding carboxylic acids is 2. The summed E-state index contributed by atoms with van der Waals surface area (Å²) in [5, 5.41) is 5.11. The highest BCUT2D eigenvalue weighted by molar-refractivity contribution is 6.05. The van der Waals surface area contributed by atoms with Crippen LogP contribution in [0.2, 0.25) is 0 Å². The number of hydrogen-bond acceptors (Lipinski definition) is 3. The zero-order valence-electron chi connectivity index (χ0n) is 17.5. The number of carbonyl (C=O) groups is 2. The molecule has 5 heteroatoms. The van der Waals surface area contributed by atoms with E-state index in [2.05, 4.69) is 22.4 Å². The van der Waals surface area contributed by atoms with Crippen molar-refractivity contribution in [3.63, 3.8) is 0 Å². The Labute approximate surface area is 182 Å². The molecule has 0 radical (unpaired) electrons. The molecule has 1 N–H and O–H groups in total. The van der Waals surface area contributed by atoms with Gasteiger partial charge in [0, 0.05) is 24.0 Å². The molecule has 0 spiro atoms. The molecule has 31 heavy (non-hydrogen) atoms. The van der Waals surface area contributed by atoms with Crippen LogP contribution in [0.5, 0.6) is 0 Å². The van der Waals surface area contributed by atoms with Crippen LogP contribution in [-0.2, 0) is 11.2 Å². The number of likely N-dealkylation sites (tertiary alicyclic amines) is 1. The first-order valence-electron chi connectivity index (χ1n) is 11.2. The van der Waals surface area contributed by atoms with Gasteiger partial charge in [0.25, 0.3) is 5.91 Å². The van der Waals surface area contributed by atoms with Crippen LogP contribution in [0.15, 0.2) is 66.9 Å². The average Bonchev–Trinajstić information content (AvgIpc) is 3.10. The number of fused-ring (bicyclic) bond motifs is 2. The lowest BCUT2D eigenvalue weighted by Gasteiger charge is -2.33. The Morgan fingerprint density at radius 3 is 2.71 bits per heavy atom. The number of nitrogens with one attached hydrogen (secondary N) is 1. The van der Waals surface area contributed by atoms with Gasteiger partial charge in [-0.05, 0) is 42.7 Å². The second-order valence-corrected chi connectivity index (χ2v) is 8.66. The van der Waals surface area contributed by atoms with E-state index < -0.39 is 0 Å². The van der Waals surface area contributed by atoms with E-state index in [1.54, 1.807) is 6.20 Å². The summed E-state index contributed by atoms with van der Waals surface area (Å²) in [6, 6.07) is 20.2. The highest BCUT2D eigenvalue weighted by Crippen LogP contribution is 2.34. The first-order chi connectivity index (χ1) is 15.2. The van der Waals surface area contributed by atoms with E-state index in [-0.39, 0.29) is 29.9 Å². The SMILES string of the molecule is O=C1CCCC[C@@H]2[C@H](C[C@@H](Cc3ccccc3)N2C(=O)c2nccc3ccccc23)N1. The van der Waals surface area contributed by atoms with E-state index >= 15 is 0 Å². The second-order valence-electron chi connectivity index (χ2n) is 8.66. The number of hydrogen-bond donors (Lipinski definition) is 1. The molecule has 3 aromatic rings. The number of aromatic nitrogens is 1. The van der Waals surface area contributed by atoms with Crippen LogP contribution in [-0.4, -0.2) is 39.8 Å². The maximum Gasteiger partial charge on any atom is 0.273 e. The van der Waals surface area contributed by atoms with Crippen LogP contribution < -0.4 is 5.32 Å². The predicted octanol–water partition coefficient (Wildman–Crippen LogP) is 4.12. The van der Waals surface area contributed by atoms with Crippen molar-refractivity contribution < 1.29 is 9.59 Å². The molecule has 2 aliphatic heterocycles. The highest BCUT2D eigenvalue weighted by atomic mass is 16.2. The Balaban J connectivity index is 1.53. The van der Waals surface area contributed by atoms with Gasteiger partial charge >= 0.3 is 0 Å². The average molecular weight is 414 g/mol. The zero-order chi connectivity index (χ0) is 21.2. The molecule has 2 saturated heterocycles. The summed E-state index contributed by atoms with van der Waals surface area (Å²) in [5.41, 5.74) is 1.71. The molecule has 1 aromatic heterocycles. The minimum Gasteiger partial charge on any atom is -0.351 e. The Kier molecular flexibility index (Phi) is 5.41. The van der Waals surface area contributed by atoms with Gasteiger partial charge < -0.3 is 10.2 Å². The Morgan fingerprint density at radius 2 is 1.84 bits per heavy atom. The highest BCUT2D eigenvalue weighted by Gasteiger charge is 2.45. The second kappa shape index (κ2) is 8.50. The fourth-order valence-corrected chi connectivity index (χ4v) is 5.24. The number of benzene rings is 2. The Bertz CT molecular complexity index is 1090. The van der Waals surface area contributed by atoms with Gasteiger partial charge in [-0.1, -0.05) is 61.0 Å². The molecule has 2 amide bonds. The van der Waals surface area contributed by atoms with Crippen molar-refractivity contribution in [2.24, 2.45) is 0 Å². The molecule has 0 saturated carbocycles. The maximum absolute atomic E-state index is 13.9. The van der Waals surface area contributed by atoms with Gasteiger partial charge in [-0.25, -0.2) is 0 Å². The maximum atomic E-state index is 13.9. The van der Waals surface area contributed by atoms with E-state index in [1.807, 2.05) is 53.4 Å². The number of rotatable bonds is 3. The van der Waals surface area contributed by atoms with E-state index in [9.17, 15) is 9.59 Å². The van der Waals surface area contributed by atoms with Gasteiger partial charge in [-0.2, -0.15) is 0 Å². The van der Waals surface area contributed by atoms with Crippen LogP contribution in [0, 0.1) is 0 Å². The molecule has 0 aliphatic carbocycles. The van der Waals surface area contributed by atoms with Gasteiger partial charge in [0.05, 0.1) is 12.1 Å². The standard InChI is InChI=1S/C26H27N3O2/c30-24-13-7-6-12-23-22(28-24)17-20(16-18-8-2-1-3-9-18)29(23)26(31)25-21-11-5-4-10-19(21)14-15-27-25/h1-5,8-11,14-15,20,22-23H,6-7,12-13,16-17H2,(H,28,30)/t20-,22+,23-/m1/s1. The van der Waals surface area contributed by atoms with E-state index in [0.717, 1.165) is 42.9 Å². The lowest BCUT2D eigenvalue weighted by atomic mass is 9.97. The van der Waals surface area contributed by atoms with Crippen molar-refractivity contribution in [3.8, 4) is 0 Å². The molecule has 2 aromatic carbocycles. The van der Waals surface area contributed by atoms with Gasteiger partial charge in [0.1, 0.15) is 5.69 Å². The molecule has 0 unspecified atom stereocenters. The van der Waals surface area contributed by atoms with Crippen LogP contribution in [0.1, 0.15) is 48.2 Å². The number of amides is 2. The normalized spacial score (nSPS) is 23.7. The summed E-state index contributed by atoms with van der Waals surface area (Å²) < 4.78 is 0. The van der Waals surface area contributed by atoms with Crippen molar-refractivity contribution in [2.75, 3.05) is 0 Å². The first-order valence-corrected chi connectivity index (χ1v) is 11.2. The van der Waals surface area contributed by atoms with Gasteiger partial charge in [0.15, 0.2) is 0 Å². The smallest absolute Gasteiger partial charge is 0.273 e. The molecule has 0 bridgehead atoms. The van der Waals surface area contributed by atoms with Crippen LogP contribution in [0.3, 0.4) is 0 Å². The molecule has 2 aliphatic rings. The van der Waals surface area contributed by atoms with Gasteiger partial charge in [-0.3, -0.25) is 14.6 Å².